The van der Waals surface area contributed by atoms with E-state index >= 15 is 0 Å². The van der Waals surface area contributed by atoms with Crippen LogP contribution in [0.15, 0.2) is 78.9 Å². The molecule has 3 aromatic carbocycles. The highest BCUT2D eigenvalue weighted by Gasteiger charge is 2.15. The molecule has 0 fully saturated rings. The van der Waals surface area contributed by atoms with Gasteiger partial charge >= 0.3 is 0 Å². The third-order valence-electron chi connectivity index (χ3n) is 4.97. The zero-order chi connectivity index (χ0) is 18.9. The van der Waals surface area contributed by atoms with E-state index in [0.717, 1.165) is 12.2 Å². The number of ether oxygens (including phenoxy) is 1. The molecule has 0 aliphatic rings. The van der Waals surface area contributed by atoms with Crippen molar-refractivity contribution in [2.75, 3.05) is 0 Å². The maximum atomic E-state index is 6.44. The van der Waals surface area contributed by atoms with Gasteiger partial charge in [0.2, 0.25) is 0 Å². The average Bonchev–Trinajstić information content (AvgIpc) is 2.72. The van der Waals surface area contributed by atoms with Gasteiger partial charge in [0.1, 0.15) is 5.75 Å². The molecule has 0 radical (unpaired) electrons. The summed E-state index contributed by atoms with van der Waals surface area (Å²) in [5, 5.41) is 0. The molecular weight excluding hydrogens is 328 g/mol. The number of rotatable bonds is 9. The first-order chi connectivity index (χ1) is 13.3. The molecule has 1 nitrogen and oxygen atoms in total. The van der Waals surface area contributed by atoms with Gasteiger partial charge in [-0.1, -0.05) is 99.0 Å². The summed E-state index contributed by atoms with van der Waals surface area (Å²) < 4.78 is 6.44. The first kappa shape index (κ1) is 19.2. The smallest absolute Gasteiger partial charge is 0.128 e. The van der Waals surface area contributed by atoms with Gasteiger partial charge in [-0.05, 0) is 42.5 Å². The normalized spacial score (nSPS) is 11.9. The highest BCUT2D eigenvalue weighted by molar-refractivity contribution is 5.87. The quantitative estimate of drug-likeness (QED) is 0.355. The van der Waals surface area contributed by atoms with Gasteiger partial charge in [0, 0.05) is 5.56 Å². The molecule has 140 valence electrons. The Kier molecular flexibility index (Phi) is 7.10. The molecule has 27 heavy (non-hydrogen) atoms. The summed E-state index contributed by atoms with van der Waals surface area (Å²) in [5.41, 5.74) is 4.82. The Morgan fingerprint density at radius 2 is 1.37 bits per heavy atom. The lowest BCUT2D eigenvalue weighted by Gasteiger charge is -2.20. The lowest BCUT2D eigenvalue weighted by Crippen LogP contribution is -2.12. The molecule has 0 bridgehead atoms. The summed E-state index contributed by atoms with van der Waals surface area (Å²) in [6.07, 6.45) is 6.42. The summed E-state index contributed by atoms with van der Waals surface area (Å²) in [4.78, 5) is 0. The first-order valence-corrected chi connectivity index (χ1v) is 10.2. The summed E-state index contributed by atoms with van der Waals surface area (Å²) >= 11 is 0. The third kappa shape index (κ3) is 5.23. The summed E-state index contributed by atoms with van der Waals surface area (Å²) in [6, 6.07) is 27.6. The molecule has 3 aromatic rings. The predicted molar refractivity (Wildman–Crippen MR) is 116 cm³/mol. The zero-order valence-electron chi connectivity index (χ0n) is 16.5. The molecule has 0 aliphatic heterocycles. The molecule has 1 heteroatoms. The van der Waals surface area contributed by atoms with Gasteiger partial charge < -0.3 is 4.74 Å². The minimum Gasteiger partial charge on any atom is -0.490 e. The Morgan fingerprint density at radius 3 is 2.04 bits per heavy atom. The Morgan fingerprint density at radius 1 is 0.704 bits per heavy atom. The van der Waals surface area contributed by atoms with Crippen LogP contribution in [0, 0.1) is 0 Å². The van der Waals surface area contributed by atoms with E-state index in [0.29, 0.717) is 0 Å². The topological polar surface area (TPSA) is 9.23 Å². The molecular formula is C26H30O. The van der Waals surface area contributed by atoms with Crippen molar-refractivity contribution >= 4 is 0 Å². The summed E-state index contributed by atoms with van der Waals surface area (Å²) in [5.74, 6) is 0.977. The highest BCUT2D eigenvalue weighted by Crippen LogP contribution is 2.39. The second kappa shape index (κ2) is 9.97. The van der Waals surface area contributed by atoms with Crippen LogP contribution in [0.2, 0.25) is 0 Å². The zero-order valence-corrected chi connectivity index (χ0v) is 16.5. The molecule has 0 aliphatic carbocycles. The van der Waals surface area contributed by atoms with Crippen LogP contribution in [0.25, 0.3) is 22.3 Å². The predicted octanol–water partition coefficient (Wildman–Crippen LogP) is 7.76. The van der Waals surface area contributed by atoms with Gasteiger partial charge in [0.15, 0.2) is 0 Å². The van der Waals surface area contributed by atoms with Crippen molar-refractivity contribution in [3.8, 4) is 28.0 Å². The molecule has 0 N–H and O–H groups in total. The maximum Gasteiger partial charge on any atom is 0.128 e. The van der Waals surface area contributed by atoms with Gasteiger partial charge in [0.25, 0.3) is 0 Å². The van der Waals surface area contributed by atoms with E-state index in [2.05, 4.69) is 92.7 Å². The van der Waals surface area contributed by atoms with Gasteiger partial charge in [-0.25, -0.2) is 0 Å². The molecule has 3 rings (SSSR count). The number of hydrogen-bond donors (Lipinski definition) is 0. The Labute approximate surface area is 164 Å². The fourth-order valence-corrected chi connectivity index (χ4v) is 3.52. The maximum absolute atomic E-state index is 6.44. The highest BCUT2D eigenvalue weighted by atomic mass is 16.5. The van der Waals surface area contributed by atoms with Gasteiger partial charge in [-0.15, -0.1) is 0 Å². The molecule has 0 saturated carbocycles. The number of hydrogen-bond acceptors (Lipinski definition) is 1. The van der Waals surface area contributed by atoms with Gasteiger partial charge in [0.05, 0.1) is 6.10 Å². The van der Waals surface area contributed by atoms with Gasteiger partial charge in [-0.3, -0.25) is 0 Å². The van der Waals surface area contributed by atoms with E-state index in [1.165, 1.54) is 47.9 Å². The SMILES string of the molecule is CCCCCCC(C)Oc1cccc(-c2ccccc2)c1-c1ccccc1. The Hall–Kier alpha value is -2.54. The van der Waals surface area contributed by atoms with Crippen LogP contribution in [0.3, 0.4) is 0 Å². The van der Waals surface area contributed by atoms with Crippen molar-refractivity contribution in [1.29, 1.82) is 0 Å². The third-order valence-corrected chi connectivity index (χ3v) is 4.97. The second-order valence-corrected chi connectivity index (χ2v) is 7.19. The van der Waals surface area contributed by atoms with E-state index in [4.69, 9.17) is 4.74 Å². The van der Waals surface area contributed by atoms with Crippen molar-refractivity contribution < 1.29 is 4.74 Å². The lowest BCUT2D eigenvalue weighted by atomic mass is 9.93. The molecule has 1 unspecified atom stereocenters. The van der Waals surface area contributed by atoms with Crippen LogP contribution in [-0.4, -0.2) is 6.10 Å². The lowest BCUT2D eigenvalue weighted by molar-refractivity contribution is 0.207. The molecule has 1 atom stereocenters. The van der Waals surface area contributed by atoms with Crippen molar-refractivity contribution in [3.63, 3.8) is 0 Å². The van der Waals surface area contributed by atoms with Crippen LogP contribution in [-0.2, 0) is 0 Å². The van der Waals surface area contributed by atoms with Crippen molar-refractivity contribution in [3.05, 3.63) is 78.9 Å². The molecule has 0 saturated heterocycles. The van der Waals surface area contributed by atoms with Crippen LogP contribution in [0.5, 0.6) is 5.75 Å². The van der Waals surface area contributed by atoms with E-state index in [-0.39, 0.29) is 6.10 Å². The fourth-order valence-electron chi connectivity index (χ4n) is 3.52. The van der Waals surface area contributed by atoms with E-state index < -0.39 is 0 Å². The second-order valence-electron chi connectivity index (χ2n) is 7.19. The van der Waals surface area contributed by atoms with Crippen LogP contribution in [0.4, 0.5) is 0 Å². The van der Waals surface area contributed by atoms with E-state index in [1.54, 1.807) is 0 Å². The first-order valence-electron chi connectivity index (χ1n) is 10.2. The van der Waals surface area contributed by atoms with Crippen molar-refractivity contribution in [2.24, 2.45) is 0 Å². The summed E-state index contributed by atoms with van der Waals surface area (Å²) in [6.45, 7) is 4.44. The van der Waals surface area contributed by atoms with Crippen LogP contribution in [0.1, 0.15) is 46.0 Å². The van der Waals surface area contributed by atoms with E-state index in [1.807, 2.05) is 0 Å². The minimum absolute atomic E-state index is 0.218. The standard InChI is InChI=1S/C26H30O/c1-3-4-5-8-14-21(2)27-25-20-13-19-24(22-15-9-6-10-16-22)26(25)23-17-11-7-12-18-23/h6-7,9-13,15-21H,3-5,8,14H2,1-2H3. The van der Waals surface area contributed by atoms with Crippen LogP contribution >= 0.6 is 0 Å². The minimum atomic E-state index is 0.218. The van der Waals surface area contributed by atoms with Gasteiger partial charge in [-0.2, -0.15) is 0 Å². The monoisotopic (exact) mass is 358 g/mol. The fraction of sp³-hybridized carbons (Fsp3) is 0.308. The molecule has 0 heterocycles. The van der Waals surface area contributed by atoms with Crippen LogP contribution < -0.4 is 4.74 Å². The molecule has 0 spiro atoms. The Balaban J connectivity index is 1.92. The number of benzene rings is 3. The molecule has 0 amide bonds. The summed E-state index contributed by atoms with van der Waals surface area (Å²) in [7, 11) is 0. The van der Waals surface area contributed by atoms with Crippen molar-refractivity contribution in [1.82, 2.24) is 0 Å². The molecule has 0 aromatic heterocycles. The largest absolute Gasteiger partial charge is 0.490 e. The Bertz CT molecular complexity index is 808. The number of unbranched alkanes of at least 4 members (excludes halogenated alkanes) is 3. The average molecular weight is 359 g/mol. The van der Waals surface area contributed by atoms with Crippen molar-refractivity contribution in [2.45, 2.75) is 52.1 Å². The van der Waals surface area contributed by atoms with E-state index in [9.17, 15) is 0 Å².